The monoisotopic (exact) mass is 765 g/mol. The number of carbonyl (C=O) groups excluding carboxylic acids is 3. The number of ether oxygens (including phenoxy) is 1. The van der Waals surface area contributed by atoms with E-state index >= 15 is 0 Å². The lowest BCUT2D eigenvalue weighted by molar-refractivity contribution is -0.135. The summed E-state index contributed by atoms with van der Waals surface area (Å²) in [6.07, 6.45) is 10.3. The van der Waals surface area contributed by atoms with Crippen molar-refractivity contribution in [2.24, 2.45) is 5.92 Å². The molecule has 1 unspecified atom stereocenters. The Morgan fingerprint density at radius 2 is 1.73 bits per heavy atom. The molecular formula is C43H49F2N7O4. The number of hydrogen-bond acceptors (Lipinski definition) is 7. The lowest BCUT2D eigenvalue weighted by Crippen LogP contribution is -2.41. The van der Waals surface area contributed by atoms with Gasteiger partial charge in [0.1, 0.15) is 29.0 Å². The number of nitrogens with zero attached hydrogens (tertiary/aromatic N) is 5. The van der Waals surface area contributed by atoms with Gasteiger partial charge >= 0.3 is 0 Å². The number of imidazole rings is 1. The van der Waals surface area contributed by atoms with Gasteiger partial charge in [0.15, 0.2) is 0 Å². The highest BCUT2D eigenvalue weighted by Gasteiger charge is 2.31. The predicted octanol–water partition coefficient (Wildman–Crippen LogP) is 8.10. The Labute approximate surface area is 324 Å². The van der Waals surface area contributed by atoms with Crippen LogP contribution in [0.25, 0.3) is 16.6 Å². The number of alkyl halides is 2. The molecule has 6 heterocycles. The summed E-state index contributed by atoms with van der Waals surface area (Å²) in [7, 11) is 0. The van der Waals surface area contributed by atoms with Crippen molar-refractivity contribution in [3.63, 3.8) is 0 Å². The van der Waals surface area contributed by atoms with Gasteiger partial charge in [-0.3, -0.25) is 19.7 Å². The van der Waals surface area contributed by atoms with Crippen molar-refractivity contribution in [1.29, 1.82) is 0 Å². The van der Waals surface area contributed by atoms with Crippen LogP contribution in [0.5, 0.6) is 5.75 Å². The maximum Gasteiger partial charge on any atom is 0.280 e. The molecule has 1 aliphatic carbocycles. The zero-order valence-corrected chi connectivity index (χ0v) is 32.1. The van der Waals surface area contributed by atoms with Gasteiger partial charge in [0.2, 0.25) is 11.8 Å². The normalized spacial score (nSPS) is 21.3. The third kappa shape index (κ3) is 7.91. The zero-order valence-electron chi connectivity index (χ0n) is 32.1. The summed E-state index contributed by atoms with van der Waals surface area (Å²) in [5.74, 6) is 0.978. The van der Waals surface area contributed by atoms with Crippen molar-refractivity contribution < 1.29 is 27.9 Å². The molecule has 1 saturated carbocycles. The Morgan fingerprint density at radius 1 is 0.946 bits per heavy atom. The van der Waals surface area contributed by atoms with E-state index in [1.165, 1.54) is 29.1 Å². The molecule has 3 amide bonds. The molecule has 0 bridgehead atoms. The first-order valence-electron chi connectivity index (χ1n) is 19.9. The van der Waals surface area contributed by atoms with E-state index in [1.54, 1.807) is 12.3 Å². The van der Waals surface area contributed by atoms with Crippen LogP contribution in [-0.2, 0) is 9.59 Å². The van der Waals surface area contributed by atoms with E-state index in [0.29, 0.717) is 42.0 Å². The van der Waals surface area contributed by atoms with Gasteiger partial charge in [-0.2, -0.15) is 0 Å². The minimum Gasteiger partial charge on any atom is -0.490 e. The first-order chi connectivity index (χ1) is 27.0. The van der Waals surface area contributed by atoms with Crippen molar-refractivity contribution in [3.05, 3.63) is 89.1 Å². The molecule has 1 atom stereocenters. The van der Waals surface area contributed by atoms with Crippen molar-refractivity contribution in [3.8, 4) is 5.75 Å². The fraction of sp³-hybridized carbons (Fsp3) is 0.465. The molecular weight excluding hydrogens is 717 g/mol. The van der Waals surface area contributed by atoms with Crippen molar-refractivity contribution in [2.75, 3.05) is 25.0 Å². The van der Waals surface area contributed by atoms with Crippen molar-refractivity contribution in [1.82, 2.24) is 29.2 Å². The Kier molecular flexibility index (Phi) is 10.6. The molecule has 1 aromatic carbocycles. The maximum atomic E-state index is 13.4. The summed E-state index contributed by atoms with van der Waals surface area (Å²) in [4.78, 5) is 49.2. The molecule has 56 heavy (non-hydrogen) atoms. The van der Waals surface area contributed by atoms with E-state index in [-0.39, 0.29) is 35.3 Å². The topological polar surface area (TPSA) is 123 Å². The van der Waals surface area contributed by atoms with E-state index in [0.717, 1.165) is 74.9 Å². The average Bonchev–Trinajstić information content (AvgIpc) is 3.75. The van der Waals surface area contributed by atoms with Gasteiger partial charge in [0.25, 0.3) is 12.3 Å². The number of nitrogens with one attached hydrogen (secondary N) is 2. The van der Waals surface area contributed by atoms with Gasteiger partial charge in [-0.15, -0.1) is 0 Å². The Bertz CT molecular complexity index is 2270. The Hall–Kier alpha value is -5.17. The molecule has 3 aliphatic rings. The number of pyridine rings is 2. The average molecular weight is 766 g/mol. The van der Waals surface area contributed by atoms with Gasteiger partial charge in [0.05, 0.1) is 17.4 Å². The summed E-state index contributed by atoms with van der Waals surface area (Å²) in [5, 5.41) is 6.33. The van der Waals surface area contributed by atoms with E-state index in [4.69, 9.17) is 9.72 Å². The number of rotatable bonds is 10. The highest BCUT2D eigenvalue weighted by atomic mass is 19.3. The molecule has 13 heteroatoms. The van der Waals surface area contributed by atoms with Crippen molar-refractivity contribution >= 4 is 40.1 Å². The van der Waals surface area contributed by atoms with E-state index in [2.05, 4.69) is 51.8 Å². The summed E-state index contributed by atoms with van der Waals surface area (Å²) in [6.45, 7) is 9.13. The number of benzene rings is 1. The van der Waals surface area contributed by atoms with E-state index in [1.807, 2.05) is 29.0 Å². The summed E-state index contributed by atoms with van der Waals surface area (Å²) < 4.78 is 36.3. The minimum atomic E-state index is -2.74. The third-order valence-electron chi connectivity index (χ3n) is 11.9. The quantitative estimate of drug-likeness (QED) is 0.138. The lowest BCUT2D eigenvalue weighted by atomic mass is 9.80. The van der Waals surface area contributed by atoms with Crippen LogP contribution in [-0.4, -0.2) is 67.3 Å². The number of fused-ring (bicyclic) bond motifs is 2. The standard InChI is InChI=1S/C43H49F2N7O4/c1-25(2)56-37-20-39-47-34(24-51(39)23-32(37)42(54)48-38-6-4-5-33(46-38)41(44)45)29-9-7-27(8-10-29)22-50-17-15-28(16-18-50)30-11-12-35-31(19-30)26(3)21-52(35)36-13-14-40(53)49-43(36)55/h4-6,11-12,19-21,23-25,27-29,36,41H,7-10,13-18,22H2,1-3H3,(H,46,48,54)(H,49,53,55). The fourth-order valence-corrected chi connectivity index (χ4v) is 8.94. The number of carbonyl (C=O) groups is 3. The summed E-state index contributed by atoms with van der Waals surface area (Å²) >= 11 is 0. The van der Waals surface area contributed by atoms with E-state index in [9.17, 15) is 23.2 Å². The molecule has 2 N–H and O–H groups in total. The second-order valence-electron chi connectivity index (χ2n) is 16.1. The number of halogens is 2. The van der Waals surface area contributed by atoms with Gasteiger partial charge in [-0.05, 0) is 126 Å². The first kappa shape index (κ1) is 37.7. The molecule has 2 aliphatic heterocycles. The Balaban J connectivity index is 0.866. The van der Waals surface area contributed by atoms with Crippen LogP contribution in [0.2, 0.25) is 0 Å². The smallest absolute Gasteiger partial charge is 0.280 e. The second kappa shape index (κ2) is 15.8. The van der Waals surface area contributed by atoms with E-state index < -0.39 is 18.0 Å². The number of aryl methyl sites for hydroxylation is 1. The lowest BCUT2D eigenvalue weighted by Gasteiger charge is -2.36. The van der Waals surface area contributed by atoms with Crippen LogP contribution >= 0.6 is 0 Å². The number of imide groups is 1. The first-order valence-corrected chi connectivity index (χ1v) is 19.9. The van der Waals surface area contributed by atoms with Gasteiger partial charge in [-0.25, -0.2) is 18.7 Å². The number of likely N-dealkylation sites (tertiary alicyclic amines) is 1. The molecule has 0 radical (unpaired) electrons. The van der Waals surface area contributed by atoms with Crippen LogP contribution in [0.1, 0.15) is 122 Å². The predicted molar refractivity (Wildman–Crippen MR) is 209 cm³/mol. The molecule has 5 aromatic rings. The number of piperidine rings is 2. The SMILES string of the molecule is Cc1cn(C2CCC(=O)NC2=O)c2ccc(C3CCN(CC4CCC(c5cn6cc(C(=O)Nc7cccc(C(F)F)n7)c(OC(C)C)cc6n5)CC4)CC3)cc12. The van der Waals surface area contributed by atoms with Crippen LogP contribution in [0.4, 0.5) is 14.6 Å². The molecule has 8 rings (SSSR count). The Morgan fingerprint density at radius 3 is 2.46 bits per heavy atom. The molecule has 0 spiro atoms. The molecule has 3 fully saturated rings. The van der Waals surface area contributed by atoms with Crippen LogP contribution in [0.15, 0.2) is 61.1 Å². The largest absolute Gasteiger partial charge is 0.490 e. The zero-order chi connectivity index (χ0) is 39.1. The van der Waals surface area contributed by atoms with Gasteiger partial charge in [-0.1, -0.05) is 12.1 Å². The van der Waals surface area contributed by atoms with Crippen molar-refractivity contribution in [2.45, 2.75) is 103 Å². The summed E-state index contributed by atoms with van der Waals surface area (Å²) in [6, 6.07) is 12.3. The highest BCUT2D eigenvalue weighted by Crippen LogP contribution is 2.38. The van der Waals surface area contributed by atoms with Crippen LogP contribution < -0.4 is 15.4 Å². The van der Waals surface area contributed by atoms with Gasteiger partial charge < -0.3 is 23.9 Å². The maximum absolute atomic E-state index is 13.4. The van der Waals surface area contributed by atoms with Crippen LogP contribution in [0.3, 0.4) is 0 Å². The number of aromatic nitrogens is 4. The molecule has 4 aromatic heterocycles. The van der Waals surface area contributed by atoms with Gasteiger partial charge in [0, 0.05) is 54.4 Å². The highest BCUT2D eigenvalue weighted by molar-refractivity contribution is 6.06. The third-order valence-corrected chi connectivity index (χ3v) is 11.9. The fourth-order valence-electron chi connectivity index (χ4n) is 8.94. The van der Waals surface area contributed by atoms with Crippen LogP contribution in [0, 0.1) is 12.8 Å². The minimum absolute atomic E-state index is 0.0456. The molecule has 11 nitrogen and oxygen atoms in total. The molecule has 2 saturated heterocycles. The number of anilines is 1. The number of amides is 3. The summed E-state index contributed by atoms with van der Waals surface area (Å²) in [5.41, 5.74) is 5.12. The second-order valence-corrected chi connectivity index (χ2v) is 16.1. The number of hydrogen-bond donors (Lipinski definition) is 2. The molecule has 294 valence electrons.